The van der Waals surface area contributed by atoms with Crippen molar-refractivity contribution in [1.29, 1.82) is 0 Å². The number of nitrogens with zero attached hydrogens (tertiary/aromatic N) is 4. The average Bonchev–Trinajstić information content (AvgIpc) is 2.35. The molecule has 1 saturated heterocycles. The molecular weight excluding hydrogens is 292 g/mol. The van der Waals surface area contributed by atoms with E-state index in [0.717, 1.165) is 6.42 Å². The molecule has 2 heterocycles. The van der Waals surface area contributed by atoms with Crippen molar-refractivity contribution in [1.82, 2.24) is 15.0 Å². The Balaban J connectivity index is 2.13. The second-order valence-electron chi connectivity index (χ2n) is 4.17. The maximum Gasteiger partial charge on any atom is 0.322 e. The number of sulfone groups is 1. The molecule has 2 rings (SSSR count). The van der Waals surface area contributed by atoms with Gasteiger partial charge in [0, 0.05) is 13.1 Å². The molecule has 0 N–H and O–H groups in total. The number of hydrogen-bond donors (Lipinski definition) is 0. The Labute approximate surface area is 116 Å². The topological polar surface area (TPSA) is 85.3 Å². The first-order valence-electron chi connectivity index (χ1n) is 6.00. The molecule has 1 aromatic rings. The molecule has 0 bridgehead atoms. The highest BCUT2D eigenvalue weighted by Crippen LogP contribution is 2.17. The number of halogens is 1. The van der Waals surface area contributed by atoms with Gasteiger partial charge in [0.25, 0.3) is 0 Å². The van der Waals surface area contributed by atoms with Crippen molar-refractivity contribution in [3.05, 3.63) is 5.28 Å². The van der Waals surface area contributed by atoms with Gasteiger partial charge in [0.05, 0.1) is 18.1 Å². The molecule has 0 aliphatic carbocycles. The molecule has 7 nitrogen and oxygen atoms in total. The van der Waals surface area contributed by atoms with Crippen LogP contribution in [0.15, 0.2) is 0 Å². The monoisotopic (exact) mass is 306 g/mol. The number of rotatable bonds is 4. The molecule has 0 amide bonds. The first-order valence-corrected chi connectivity index (χ1v) is 8.20. The minimum Gasteiger partial charge on any atom is -0.463 e. The quantitative estimate of drug-likeness (QED) is 0.803. The van der Waals surface area contributed by atoms with E-state index in [1.165, 1.54) is 0 Å². The predicted octanol–water partition coefficient (Wildman–Crippen LogP) is 0.549. The van der Waals surface area contributed by atoms with Gasteiger partial charge in [0.15, 0.2) is 9.84 Å². The summed E-state index contributed by atoms with van der Waals surface area (Å²) in [6.45, 7) is 3.18. The fourth-order valence-electron chi connectivity index (χ4n) is 1.63. The lowest BCUT2D eigenvalue weighted by atomic mass is 10.5. The lowest BCUT2D eigenvalue weighted by Crippen LogP contribution is -2.41. The Morgan fingerprint density at radius 3 is 2.58 bits per heavy atom. The fraction of sp³-hybridized carbons (Fsp3) is 0.700. The predicted molar refractivity (Wildman–Crippen MR) is 71.5 cm³/mol. The Kier molecular flexibility index (Phi) is 4.41. The number of ether oxygens (including phenoxy) is 1. The van der Waals surface area contributed by atoms with Crippen molar-refractivity contribution in [3.63, 3.8) is 0 Å². The highest BCUT2D eigenvalue weighted by molar-refractivity contribution is 7.91. The maximum absolute atomic E-state index is 11.4. The highest BCUT2D eigenvalue weighted by Gasteiger charge is 2.24. The largest absolute Gasteiger partial charge is 0.463 e. The van der Waals surface area contributed by atoms with Crippen LogP contribution in [-0.4, -0.2) is 54.6 Å². The third kappa shape index (κ3) is 3.90. The number of hydrogen-bond acceptors (Lipinski definition) is 7. The molecule has 1 aromatic heterocycles. The molecular formula is C10H15ClN4O3S. The zero-order chi connectivity index (χ0) is 13.9. The summed E-state index contributed by atoms with van der Waals surface area (Å²) in [5.41, 5.74) is 0. The van der Waals surface area contributed by atoms with Gasteiger partial charge in [-0.15, -0.1) is 0 Å². The Morgan fingerprint density at radius 2 is 1.95 bits per heavy atom. The summed E-state index contributed by atoms with van der Waals surface area (Å²) in [6, 6.07) is 0.172. The first kappa shape index (κ1) is 14.3. The molecule has 0 spiro atoms. The molecule has 0 radical (unpaired) electrons. The van der Waals surface area contributed by atoms with Crippen molar-refractivity contribution in [2.24, 2.45) is 0 Å². The van der Waals surface area contributed by atoms with E-state index in [1.54, 1.807) is 4.90 Å². The van der Waals surface area contributed by atoms with E-state index in [-0.39, 0.29) is 22.8 Å². The summed E-state index contributed by atoms with van der Waals surface area (Å²) in [6.07, 6.45) is 0.834. The lowest BCUT2D eigenvalue weighted by molar-refractivity contribution is 0.291. The van der Waals surface area contributed by atoms with Crippen molar-refractivity contribution >= 4 is 27.4 Å². The summed E-state index contributed by atoms with van der Waals surface area (Å²) < 4.78 is 28.1. The van der Waals surface area contributed by atoms with Crippen molar-refractivity contribution in [3.8, 4) is 6.01 Å². The van der Waals surface area contributed by atoms with Crippen molar-refractivity contribution in [2.45, 2.75) is 13.3 Å². The average molecular weight is 307 g/mol. The Bertz CT molecular complexity index is 538. The third-order valence-electron chi connectivity index (χ3n) is 2.64. The Morgan fingerprint density at radius 1 is 1.26 bits per heavy atom. The molecule has 0 aromatic carbocycles. The fourth-order valence-corrected chi connectivity index (χ4v) is 2.98. The van der Waals surface area contributed by atoms with Gasteiger partial charge in [0.2, 0.25) is 11.2 Å². The van der Waals surface area contributed by atoms with E-state index in [1.807, 2.05) is 6.92 Å². The SMILES string of the molecule is CCCOc1nc(Cl)nc(N2CCS(=O)(=O)CC2)n1. The summed E-state index contributed by atoms with van der Waals surface area (Å²) in [4.78, 5) is 13.8. The summed E-state index contributed by atoms with van der Waals surface area (Å²) in [5.74, 6) is 0.559. The first-order chi connectivity index (χ1) is 9.00. The zero-order valence-corrected chi connectivity index (χ0v) is 12.1. The second kappa shape index (κ2) is 5.87. The third-order valence-corrected chi connectivity index (χ3v) is 4.42. The van der Waals surface area contributed by atoms with Crippen molar-refractivity contribution in [2.75, 3.05) is 36.1 Å². The molecule has 9 heteroatoms. The zero-order valence-electron chi connectivity index (χ0n) is 10.5. The maximum atomic E-state index is 11.4. The van der Waals surface area contributed by atoms with Crippen LogP contribution in [0.5, 0.6) is 6.01 Å². The molecule has 19 heavy (non-hydrogen) atoms. The van der Waals surface area contributed by atoms with E-state index in [4.69, 9.17) is 16.3 Å². The van der Waals surface area contributed by atoms with Crippen LogP contribution < -0.4 is 9.64 Å². The van der Waals surface area contributed by atoms with Gasteiger partial charge in [-0.2, -0.15) is 15.0 Å². The highest BCUT2D eigenvalue weighted by atomic mass is 35.5. The van der Waals surface area contributed by atoms with E-state index in [0.29, 0.717) is 25.6 Å². The van der Waals surface area contributed by atoms with Crippen LogP contribution in [0.25, 0.3) is 0 Å². The smallest absolute Gasteiger partial charge is 0.322 e. The van der Waals surface area contributed by atoms with Crippen LogP contribution in [0.4, 0.5) is 5.95 Å². The normalized spacial score (nSPS) is 18.3. The molecule has 1 aliphatic heterocycles. The van der Waals surface area contributed by atoms with Gasteiger partial charge in [0.1, 0.15) is 0 Å². The molecule has 106 valence electrons. The lowest BCUT2D eigenvalue weighted by Gasteiger charge is -2.26. The summed E-state index contributed by atoms with van der Waals surface area (Å²) in [5, 5.41) is 0.0459. The number of anilines is 1. The van der Waals surface area contributed by atoms with Gasteiger partial charge in [-0.1, -0.05) is 6.92 Å². The minimum absolute atomic E-state index is 0.0459. The molecule has 0 unspecified atom stereocenters. The molecule has 0 saturated carbocycles. The van der Waals surface area contributed by atoms with E-state index >= 15 is 0 Å². The van der Waals surface area contributed by atoms with E-state index < -0.39 is 9.84 Å². The van der Waals surface area contributed by atoms with Gasteiger partial charge in [-0.25, -0.2) is 8.42 Å². The van der Waals surface area contributed by atoms with Crippen LogP contribution in [0, 0.1) is 0 Å². The Hall–Kier alpha value is -1.15. The van der Waals surface area contributed by atoms with Crippen molar-refractivity contribution < 1.29 is 13.2 Å². The van der Waals surface area contributed by atoms with Gasteiger partial charge in [-0.3, -0.25) is 0 Å². The molecule has 1 aliphatic rings. The molecule has 0 atom stereocenters. The number of aromatic nitrogens is 3. The van der Waals surface area contributed by atoms with Crippen LogP contribution in [-0.2, 0) is 9.84 Å². The standard InChI is InChI=1S/C10H15ClN4O3S/c1-2-5-18-10-13-8(11)12-9(14-10)15-3-6-19(16,17)7-4-15/h2-7H2,1H3. The van der Waals surface area contributed by atoms with Gasteiger partial charge < -0.3 is 9.64 Å². The minimum atomic E-state index is -2.94. The van der Waals surface area contributed by atoms with E-state index in [2.05, 4.69) is 15.0 Å². The van der Waals surface area contributed by atoms with Gasteiger partial charge in [-0.05, 0) is 18.0 Å². The summed E-state index contributed by atoms with van der Waals surface area (Å²) in [7, 11) is -2.94. The molecule has 1 fully saturated rings. The van der Waals surface area contributed by atoms with Gasteiger partial charge >= 0.3 is 6.01 Å². The van der Waals surface area contributed by atoms with Crippen LogP contribution in [0.1, 0.15) is 13.3 Å². The van der Waals surface area contributed by atoms with Crippen LogP contribution >= 0.6 is 11.6 Å². The summed E-state index contributed by atoms with van der Waals surface area (Å²) >= 11 is 5.82. The van der Waals surface area contributed by atoms with E-state index in [9.17, 15) is 8.42 Å². The second-order valence-corrected chi connectivity index (χ2v) is 6.82. The van der Waals surface area contributed by atoms with Crippen LogP contribution in [0.2, 0.25) is 5.28 Å². The van der Waals surface area contributed by atoms with Crippen LogP contribution in [0.3, 0.4) is 0 Å².